The molecule has 426 valence electrons. The minimum absolute atomic E-state index is 0.119. The lowest BCUT2D eigenvalue weighted by Crippen LogP contribution is -2.30. The first-order chi connectivity index (χ1) is 37.0. The first-order valence-electron chi connectivity index (χ1n) is 31.0. The minimum Gasteiger partial charge on any atom is -0.462 e. The van der Waals surface area contributed by atoms with E-state index in [1.807, 2.05) is 12.2 Å². The molecule has 0 fully saturated rings. The van der Waals surface area contributed by atoms with E-state index in [9.17, 15) is 14.4 Å². The van der Waals surface area contributed by atoms with Crippen LogP contribution in [0.1, 0.15) is 278 Å². The van der Waals surface area contributed by atoms with Crippen molar-refractivity contribution in [3.8, 4) is 0 Å². The predicted molar refractivity (Wildman–Crippen MR) is 325 cm³/mol. The van der Waals surface area contributed by atoms with Gasteiger partial charge in [0.15, 0.2) is 6.10 Å². The van der Waals surface area contributed by atoms with E-state index in [1.54, 1.807) is 0 Å². The van der Waals surface area contributed by atoms with Crippen LogP contribution in [0, 0.1) is 0 Å². The van der Waals surface area contributed by atoms with Gasteiger partial charge in [0, 0.05) is 19.3 Å². The molecule has 0 rings (SSSR count). The molecule has 0 heterocycles. The SMILES string of the molecule is CC/C=C\C/C=C\C/C=C\C/C=C\C/C=C\C/C=C\CCC(=O)O[C@H](COC(=O)CCCCC/C=C\C/C=C\C/C=C\C/C=C\CCCCC)COC(=O)CCCCCCCCCCCCCCCCCCCCC. The average Bonchev–Trinajstić information content (AvgIpc) is 3.41. The van der Waals surface area contributed by atoms with Gasteiger partial charge >= 0.3 is 17.9 Å². The van der Waals surface area contributed by atoms with Crippen molar-refractivity contribution < 1.29 is 28.6 Å². The van der Waals surface area contributed by atoms with Gasteiger partial charge < -0.3 is 14.2 Å². The number of hydrogen-bond acceptors (Lipinski definition) is 6. The van der Waals surface area contributed by atoms with Crippen molar-refractivity contribution in [2.45, 2.75) is 284 Å². The maximum absolute atomic E-state index is 12.9. The van der Waals surface area contributed by atoms with Crippen molar-refractivity contribution in [2.24, 2.45) is 0 Å². The van der Waals surface area contributed by atoms with Crippen molar-refractivity contribution >= 4 is 17.9 Å². The van der Waals surface area contributed by atoms with E-state index in [2.05, 4.69) is 130 Å². The lowest BCUT2D eigenvalue weighted by molar-refractivity contribution is -0.166. The highest BCUT2D eigenvalue weighted by Crippen LogP contribution is 2.16. The van der Waals surface area contributed by atoms with E-state index < -0.39 is 12.1 Å². The van der Waals surface area contributed by atoms with E-state index in [-0.39, 0.29) is 31.6 Å². The number of carbonyl (C=O) groups is 3. The Morgan fingerprint density at radius 2 is 0.547 bits per heavy atom. The molecule has 6 heteroatoms. The molecule has 0 unspecified atom stereocenters. The molecule has 0 aliphatic rings. The summed E-state index contributed by atoms with van der Waals surface area (Å²) in [5.41, 5.74) is 0. The first kappa shape index (κ1) is 70.8. The first-order valence-corrected chi connectivity index (χ1v) is 31.0. The predicted octanol–water partition coefficient (Wildman–Crippen LogP) is 21.2. The highest BCUT2D eigenvalue weighted by molar-refractivity contribution is 5.71. The van der Waals surface area contributed by atoms with Gasteiger partial charge in [0.1, 0.15) is 13.2 Å². The van der Waals surface area contributed by atoms with Gasteiger partial charge in [-0.1, -0.05) is 277 Å². The van der Waals surface area contributed by atoms with E-state index in [0.717, 1.165) is 103 Å². The Labute approximate surface area is 462 Å². The van der Waals surface area contributed by atoms with Gasteiger partial charge in [-0.25, -0.2) is 0 Å². The van der Waals surface area contributed by atoms with Crippen LogP contribution in [0.2, 0.25) is 0 Å². The number of allylic oxidation sites excluding steroid dienone is 20. The summed E-state index contributed by atoms with van der Waals surface area (Å²) >= 11 is 0. The number of esters is 3. The van der Waals surface area contributed by atoms with Crippen LogP contribution in [-0.2, 0) is 28.6 Å². The minimum atomic E-state index is -0.835. The van der Waals surface area contributed by atoms with Gasteiger partial charge in [-0.15, -0.1) is 0 Å². The zero-order valence-electron chi connectivity index (χ0n) is 48.8. The Bertz CT molecular complexity index is 1570. The quantitative estimate of drug-likeness (QED) is 0.0261. The van der Waals surface area contributed by atoms with E-state index in [1.165, 1.54) is 128 Å². The van der Waals surface area contributed by atoms with Crippen LogP contribution < -0.4 is 0 Å². The highest BCUT2D eigenvalue weighted by atomic mass is 16.6. The molecule has 0 N–H and O–H groups in total. The molecule has 0 amide bonds. The normalized spacial score (nSPS) is 12.9. The molecular weight excluding hydrogens is 925 g/mol. The topological polar surface area (TPSA) is 78.9 Å². The lowest BCUT2D eigenvalue weighted by Gasteiger charge is -2.18. The molecule has 0 aliphatic carbocycles. The van der Waals surface area contributed by atoms with Gasteiger partial charge in [-0.05, 0) is 103 Å². The number of carbonyl (C=O) groups excluding carboxylic acids is 3. The second-order valence-electron chi connectivity index (χ2n) is 20.2. The maximum Gasteiger partial charge on any atom is 0.306 e. The summed E-state index contributed by atoms with van der Waals surface area (Å²) in [7, 11) is 0. The Morgan fingerprint density at radius 3 is 0.893 bits per heavy atom. The van der Waals surface area contributed by atoms with Gasteiger partial charge in [0.25, 0.3) is 0 Å². The molecule has 0 aromatic heterocycles. The zero-order valence-corrected chi connectivity index (χ0v) is 48.8. The number of rotatable bonds is 55. The fraction of sp³-hybridized carbons (Fsp3) is 0.667. The maximum atomic E-state index is 12.9. The van der Waals surface area contributed by atoms with Crippen LogP contribution in [0.5, 0.6) is 0 Å². The average molecular weight is 1040 g/mol. The monoisotopic (exact) mass is 1040 g/mol. The third-order valence-electron chi connectivity index (χ3n) is 13.0. The fourth-order valence-electron chi connectivity index (χ4n) is 8.33. The number of hydrogen-bond donors (Lipinski definition) is 0. The summed E-state index contributed by atoms with van der Waals surface area (Å²) in [5, 5.41) is 0. The standard InChI is InChI=1S/C69H114O6/c1-4-7-10-13-16-19-22-25-28-31-34-37-40-43-46-49-52-55-58-61-67(70)73-64-66(75-69(72)63-60-57-54-51-48-45-42-39-36-33-30-27-24-21-18-15-12-9-6-3)65-74-68(71)62-59-56-53-50-47-44-41-38-35-32-29-26-23-20-17-14-11-8-5-2/h9,12,16,18-19,21,25,27-28,30,34,36-37,39,43,45-46,48,54,57,66H,4-8,10-11,13-15,17,20,22-24,26,29,31-33,35,38,40-42,44,47,49-53,55-56,58-65H2,1-3H3/b12-9-,19-16-,21-18-,28-25-,30-27-,37-34-,39-36-,46-43-,48-45-,57-54-/t66-/m1/s1. The second-order valence-corrected chi connectivity index (χ2v) is 20.2. The Hall–Kier alpha value is -4.19. The molecule has 0 saturated carbocycles. The summed E-state index contributed by atoms with van der Waals surface area (Å²) in [5.74, 6) is -1.03. The summed E-state index contributed by atoms with van der Waals surface area (Å²) < 4.78 is 16.8. The second kappa shape index (κ2) is 62.4. The van der Waals surface area contributed by atoms with Crippen molar-refractivity contribution in [3.63, 3.8) is 0 Å². The molecule has 0 radical (unpaired) electrons. The van der Waals surface area contributed by atoms with Crippen molar-refractivity contribution in [1.29, 1.82) is 0 Å². The summed E-state index contributed by atoms with van der Waals surface area (Å²) in [6.45, 7) is 6.43. The largest absolute Gasteiger partial charge is 0.462 e. The molecule has 0 aromatic rings. The Balaban J connectivity index is 4.55. The van der Waals surface area contributed by atoms with Crippen LogP contribution >= 0.6 is 0 Å². The third kappa shape index (κ3) is 60.6. The highest BCUT2D eigenvalue weighted by Gasteiger charge is 2.19. The van der Waals surface area contributed by atoms with Crippen LogP contribution in [0.3, 0.4) is 0 Å². The molecule has 6 nitrogen and oxygen atoms in total. The van der Waals surface area contributed by atoms with Gasteiger partial charge in [0.05, 0.1) is 0 Å². The molecular formula is C69H114O6. The summed E-state index contributed by atoms with van der Waals surface area (Å²) in [6.07, 6.45) is 86.4. The van der Waals surface area contributed by atoms with E-state index >= 15 is 0 Å². The molecule has 0 aromatic carbocycles. The molecule has 0 aliphatic heterocycles. The Kier molecular flexibility index (Phi) is 58.9. The fourth-order valence-corrected chi connectivity index (χ4v) is 8.33. The van der Waals surface area contributed by atoms with E-state index in [4.69, 9.17) is 14.2 Å². The number of unbranched alkanes of at least 4 members (excludes halogenated alkanes) is 24. The third-order valence-corrected chi connectivity index (χ3v) is 13.0. The summed E-state index contributed by atoms with van der Waals surface area (Å²) in [4.78, 5) is 38.3. The molecule has 0 spiro atoms. The van der Waals surface area contributed by atoms with Gasteiger partial charge in [0.2, 0.25) is 0 Å². The molecule has 0 bridgehead atoms. The van der Waals surface area contributed by atoms with Crippen molar-refractivity contribution in [1.82, 2.24) is 0 Å². The van der Waals surface area contributed by atoms with Gasteiger partial charge in [-0.2, -0.15) is 0 Å². The van der Waals surface area contributed by atoms with Crippen molar-refractivity contribution in [3.05, 3.63) is 122 Å². The van der Waals surface area contributed by atoms with Crippen molar-refractivity contribution in [2.75, 3.05) is 13.2 Å². The molecule has 75 heavy (non-hydrogen) atoms. The van der Waals surface area contributed by atoms with Crippen LogP contribution in [-0.4, -0.2) is 37.2 Å². The van der Waals surface area contributed by atoms with Crippen LogP contribution in [0.4, 0.5) is 0 Å². The van der Waals surface area contributed by atoms with Crippen LogP contribution in [0.15, 0.2) is 122 Å². The van der Waals surface area contributed by atoms with Crippen LogP contribution in [0.25, 0.3) is 0 Å². The van der Waals surface area contributed by atoms with Gasteiger partial charge in [-0.3, -0.25) is 14.4 Å². The molecule has 1 atom stereocenters. The Morgan fingerprint density at radius 1 is 0.280 bits per heavy atom. The van der Waals surface area contributed by atoms with E-state index in [0.29, 0.717) is 19.3 Å². The summed E-state index contributed by atoms with van der Waals surface area (Å²) in [6, 6.07) is 0. The lowest BCUT2D eigenvalue weighted by atomic mass is 10.0. The zero-order chi connectivity index (χ0) is 54.3. The smallest absolute Gasteiger partial charge is 0.306 e. The number of ether oxygens (including phenoxy) is 3. The molecule has 0 saturated heterocycles.